The maximum Gasteiger partial charge on any atom is 0.268 e. The van der Waals surface area contributed by atoms with Crippen molar-refractivity contribution < 1.29 is 8.42 Å². The Balaban J connectivity index is 2.51. The van der Waals surface area contributed by atoms with Crippen LogP contribution in [0.25, 0.3) is 16.7 Å². The third-order valence-electron chi connectivity index (χ3n) is 3.78. The normalized spacial score (nSPS) is 13.3. The van der Waals surface area contributed by atoms with Crippen LogP contribution in [0.1, 0.15) is 25.2 Å². The van der Waals surface area contributed by atoms with Crippen molar-refractivity contribution in [1.82, 2.24) is 19.7 Å². The number of nitrogens with two attached hydrogens (primary N) is 1. The Kier molecular flexibility index (Phi) is 3.98. The first kappa shape index (κ1) is 16.3. The Hall–Kier alpha value is -2.52. The lowest BCUT2D eigenvalue weighted by atomic mass is 10.2. The number of sulfone groups is 1. The van der Waals surface area contributed by atoms with Crippen LogP contribution in [0.15, 0.2) is 40.2 Å². The first-order valence-corrected chi connectivity index (χ1v) is 9.24. The van der Waals surface area contributed by atoms with E-state index in [0.717, 1.165) is 6.26 Å². The summed E-state index contributed by atoms with van der Waals surface area (Å²) >= 11 is 0. The van der Waals surface area contributed by atoms with Crippen molar-refractivity contribution >= 4 is 20.7 Å². The molecule has 0 fully saturated rings. The minimum absolute atomic E-state index is 0.0432. The van der Waals surface area contributed by atoms with E-state index in [9.17, 15) is 13.2 Å². The van der Waals surface area contributed by atoms with E-state index in [1.165, 1.54) is 16.8 Å². The molecule has 1 atom stereocenters. The van der Waals surface area contributed by atoms with Gasteiger partial charge in [-0.25, -0.2) is 18.0 Å². The molecule has 126 valence electrons. The van der Waals surface area contributed by atoms with Crippen molar-refractivity contribution in [3.63, 3.8) is 0 Å². The molecule has 0 bridgehead atoms. The van der Waals surface area contributed by atoms with Crippen molar-refractivity contribution in [1.29, 1.82) is 0 Å². The van der Waals surface area contributed by atoms with Gasteiger partial charge in [0.15, 0.2) is 9.84 Å². The van der Waals surface area contributed by atoms with Gasteiger partial charge >= 0.3 is 0 Å². The maximum atomic E-state index is 13.1. The van der Waals surface area contributed by atoms with Crippen LogP contribution in [0.2, 0.25) is 0 Å². The topological polar surface area (TPSA) is 124 Å². The minimum atomic E-state index is -3.59. The highest BCUT2D eigenvalue weighted by Crippen LogP contribution is 2.22. The molecule has 0 saturated carbocycles. The molecule has 8 nitrogen and oxygen atoms in total. The van der Waals surface area contributed by atoms with Gasteiger partial charge in [0.05, 0.1) is 28.0 Å². The molecule has 0 saturated heterocycles. The summed E-state index contributed by atoms with van der Waals surface area (Å²) < 4.78 is 25.4. The molecule has 3 N–H and O–H groups in total. The summed E-state index contributed by atoms with van der Waals surface area (Å²) in [5.41, 5.74) is 5.92. The van der Waals surface area contributed by atoms with Crippen LogP contribution >= 0.6 is 0 Å². The zero-order valence-electron chi connectivity index (χ0n) is 13.2. The molecule has 0 aliphatic heterocycles. The fraction of sp³-hybridized carbons (Fsp3) is 0.267. The molecule has 0 aliphatic rings. The van der Waals surface area contributed by atoms with Gasteiger partial charge in [0.25, 0.3) is 5.56 Å². The Labute approximate surface area is 138 Å². The molecule has 24 heavy (non-hydrogen) atoms. The Morgan fingerprint density at radius 3 is 2.67 bits per heavy atom. The molecular weight excluding hydrogens is 330 g/mol. The number of nitrogens with one attached hydrogen (secondary N) is 1. The zero-order valence-corrected chi connectivity index (χ0v) is 14.0. The number of H-pyrrole nitrogens is 1. The lowest BCUT2D eigenvalue weighted by Crippen LogP contribution is -2.29. The summed E-state index contributed by atoms with van der Waals surface area (Å²) in [7, 11) is -3.59. The van der Waals surface area contributed by atoms with Gasteiger partial charge in [-0.3, -0.25) is 9.89 Å². The fourth-order valence-electron chi connectivity index (χ4n) is 2.56. The highest BCUT2D eigenvalue weighted by atomic mass is 32.2. The minimum Gasteiger partial charge on any atom is -0.321 e. The number of benzene rings is 1. The molecule has 0 aliphatic carbocycles. The van der Waals surface area contributed by atoms with Gasteiger partial charge in [-0.05, 0) is 18.6 Å². The SMILES string of the molecule is CCC(N)c1nc2cccc(S(C)(=O)=O)c2c(=O)n1-c1ccn[nH]1. The van der Waals surface area contributed by atoms with Gasteiger partial charge < -0.3 is 5.73 Å². The van der Waals surface area contributed by atoms with Gasteiger partial charge in [0.1, 0.15) is 11.6 Å². The Bertz CT molecular complexity index is 1050. The van der Waals surface area contributed by atoms with Gasteiger partial charge in [0.2, 0.25) is 0 Å². The molecule has 0 spiro atoms. The van der Waals surface area contributed by atoms with Crippen molar-refractivity contribution in [2.75, 3.05) is 6.26 Å². The number of fused-ring (bicyclic) bond motifs is 1. The molecule has 2 heterocycles. The highest BCUT2D eigenvalue weighted by Gasteiger charge is 2.22. The first-order chi connectivity index (χ1) is 11.3. The maximum absolute atomic E-state index is 13.1. The monoisotopic (exact) mass is 347 g/mol. The predicted molar refractivity (Wildman–Crippen MR) is 89.8 cm³/mol. The zero-order chi connectivity index (χ0) is 17.5. The number of hydrogen-bond acceptors (Lipinski definition) is 6. The van der Waals surface area contributed by atoms with E-state index in [-0.39, 0.29) is 10.3 Å². The van der Waals surface area contributed by atoms with Gasteiger partial charge in [0, 0.05) is 12.3 Å². The van der Waals surface area contributed by atoms with Crippen molar-refractivity contribution in [2.24, 2.45) is 5.73 Å². The van der Waals surface area contributed by atoms with Crippen molar-refractivity contribution in [2.45, 2.75) is 24.3 Å². The van der Waals surface area contributed by atoms with Crippen LogP contribution in [0.5, 0.6) is 0 Å². The van der Waals surface area contributed by atoms with Crippen LogP contribution < -0.4 is 11.3 Å². The molecule has 1 aromatic carbocycles. The molecular formula is C15H17N5O3S. The van der Waals surface area contributed by atoms with Gasteiger partial charge in [-0.2, -0.15) is 5.10 Å². The van der Waals surface area contributed by atoms with E-state index >= 15 is 0 Å². The average molecular weight is 347 g/mol. The summed E-state index contributed by atoms with van der Waals surface area (Å²) in [5.74, 6) is 0.738. The van der Waals surface area contributed by atoms with E-state index < -0.39 is 21.4 Å². The van der Waals surface area contributed by atoms with E-state index in [0.29, 0.717) is 23.6 Å². The largest absolute Gasteiger partial charge is 0.321 e. The van der Waals surface area contributed by atoms with Crippen molar-refractivity contribution in [3.05, 3.63) is 46.6 Å². The first-order valence-electron chi connectivity index (χ1n) is 7.35. The van der Waals surface area contributed by atoms with Crippen LogP contribution in [-0.2, 0) is 9.84 Å². The van der Waals surface area contributed by atoms with Gasteiger partial charge in [-0.1, -0.05) is 13.0 Å². The molecule has 0 radical (unpaired) electrons. The number of nitrogens with zero attached hydrogens (tertiary/aromatic N) is 3. The fourth-order valence-corrected chi connectivity index (χ4v) is 3.45. The van der Waals surface area contributed by atoms with Gasteiger partial charge in [-0.15, -0.1) is 0 Å². The summed E-state index contributed by atoms with van der Waals surface area (Å²) in [4.78, 5) is 17.5. The lowest BCUT2D eigenvalue weighted by molar-refractivity contribution is 0.601. The third-order valence-corrected chi connectivity index (χ3v) is 4.92. The number of aromatic nitrogens is 4. The highest BCUT2D eigenvalue weighted by molar-refractivity contribution is 7.91. The molecule has 3 rings (SSSR count). The summed E-state index contributed by atoms with van der Waals surface area (Å²) in [6.45, 7) is 1.88. The smallest absolute Gasteiger partial charge is 0.268 e. The second kappa shape index (κ2) is 5.84. The summed E-state index contributed by atoms with van der Waals surface area (Å²) in [6, 6.07) is 5.69. The van der Waals surface area contributed by atoms with Crippen LogP contribution in [0.3, 0.4) is 0 Å². The standard InChI is InChI=1S/C15H17N5O3S/c1-3-9(16)14-18-10-5-4-6-11(24(2,22)23)13(10)15(21)20(14)12-7-8-17-19-12/h4-9H,3,16H2,1-2H3,(H,17,19). The average Bonchev–Trinajstić information content (AvgIpc) is 3.06. The summed E-state index contributed by atoms with van der Waals surface area (Å²) in [5, 5.41) is 6.59. The number of rotatable bonds is 4. The van der Waals surface area contributed by atoms with E-state index in [4.69, 9.17) is 5.73 Å². The van der Waals surface area contributed by atoms with Crippen LogP contribution in [-0.4, -0.2) is 34.4 Å². The number of hydrogen-bond donors (Lipinski definition) is 2. The number of aromatic amines is 1. The molecule has 9 heteroatoms. The molecule has 1 unspecified atom stereocenters. The molecule has 3 aromatic rings. The Morgan fingerprint density at radius 2 is 2.08 bits per heavy atom. The molecule has 2 aromatic heterocycles. The second-order valence-electron chi connectivity index (χ2n) is 5.49. The van der Waals surface area contributed by atoms with Crippen molar-refractivity contribution in [3.8, 4) is 5.82 Å². The molecule has 0 amide bonds. The quantitative estimate of drug-likeness (QED) is 0.723. The third kappa shape index (κ3) is 2.61. The lowest BCUT2D eigenvalue weighted by Gasteiger charge is -2.16. The van der Waals surface area contributed by atoms with E-state index in [1.807, 2.05) is 6.92 Å². The van der Waals surface area contributed by atoms with E-state index in [2.05, 4.69) is 15.2 Å². The Morgan fingerprint density at radius 1 is 1.33 bits per heavy atom. The van der Waals surface area contributed by atoms with Crippen LogP contribution in [0.4, 0.5) is 0 Å². The summed E-state index contributed by atoms with van der Waals surface area (Å²) in [6.07, 6.45) is 3.13. The van der Waals surface area contributed by atoms with E-state index in [1.54, 1.807) is 18.2 Å². The predicted octanol–water partition coefficient (Wildman–Crippen LogP) is 0.922. The second-order valence-corrected chi connectivity index (χ2v) is 7.47. The van der Waals surface area contributed by atoms with Crippen LogP contribution in [0, 0.1) is 0 Å².